The van der Waals surface area contributed by atoms with E-state index in [1.54, 1.807) is 0 Å². The largest absolute Gasteiger partial charge is 0.136 e. The third-order valence-electron chi connectivity index (χ3n) is 2.36. The first-order valence-electron chi connectivity index (χ1n) is 4.63. The first-order valence-corrected chi connectivity index (χ1v) is 5.41. The number of aromatic nitrogens is 2. The van der Waals surface area contributed by atoms with Gasteiger partial charge < -0.3 is 0 Å². The van der Waals surface area contributed by atoms with Gasteiger partial charge in [-0.3, -0.25) is 0 Å². The standard InChI is InChI=1S/C12H7N2S/c1-2-6-10-9(4-1)5-3-7-11(10)12-8-13-14-15-12/h1-7H. The molecular weight excluding hydrogens is 204 g/mol. The fourth-order valence-electron chi connectivity index (χ4n) is 1.68. The van der Waals surface area contributed by atoms with Gasteiger partial charge in [0.25, 0.3) is 0 Å². The molecule has 0 saturated carbocycles. The average Bonchev–Trinajstić information content (AvgIpc) is 2.82. The minimum atomic E-state index is 0.992. The molecule has 0 bridgehead atoms. The van der Waals surface area contributed by atoms with E-state index in [2.05, 4.69) is 40.0 Å². The number of fused-ring (bicyclic) bond motifs is 1. The van der Waals surface area contributed by atoms with Crippen molar-refractivity contribution < 1.29 is 0 Å². The first kappa shape index (κ1) is 8.56. The Bertz CT molecular complexity index is 582. The van der Waals surface area contributed by atoms with Crippen LogP contribution in [-0.2, 0) is 0 Å². The van der Waals surface area contributed by atoms with Crippen LogP contribution in [0.1, 0.15) is 0 Å². The summed E-state index contributed by atoms with van der Waals surface area (Å²) in [5.74, 6) is 0. The molecule has 1 aromatic heterocycles. The van der Waals surface area contributed by atoms with Crippen molar-refractivity contribution >= 4 is 22.3 Å². The molecule has 0 amide bonds. The molecule has 0 atom stereocenters. The molecule has 3 rings (SSSR count). The number of benzene rings is 2. The molecule has 1 radical (unpaired) electrons. The predicted molar refractivity (Wildman–Crippen MR) is 61.7 cm³/mol. The van der Waals surface area contributed by atoms with Gasteiger partial charge >= 0.3 is 0 Å². The van der Waals surface area contributed by atoms with Gasteiger partial charge in [0.05, 0.1) is 4.88 Å². The van der Waals surface area contributed by atoms with Gasteiger partial charge in [0.1, 0.15) is 6.20 Å². The van der Waals surface area contributed by atoms with Gasteiger partial charge in [-0.25, -0.2) is 0 Å². The molecule has 15 heavy (non-hydrogen) atoms. The van der Waals surface area contributed by atoms with Gasteiger partial charge in [0, 0.05) is 5.56 Å². The Labute approximate surface area is 91.4 Å². The summed E-state index contributed by atoms with van der Waals surface area (Å²) >= 11 is 1.37. The number of hydrogen-bond acceptors (Lipinski definition) is 3. The molecule has 0 aliphatic carbocycles. The summed E-state index contributed by atoms with van der Waals surface area (Å²) in [5, 5.41) is 6.21. The van der Waals surface area contributed by atoms with Gasteiger partial charge in [-0.1, -0.05) is 47.0 Å². The highest BCUT2D eigenvalue weighted by Crippen LogP contribution is 2.29. The van der Waals surface area contributed by atoms with Crippen molar-refractivity contribution in [1.29, 1.82) is 0 Å². The molecule has 71 valence electrons. The van der Waals surface area contributed by atoms with Crippen LogP contribution in [0.25, 0.3) is 21.2 Å². The van der Waals surface area contributed by atoms with Crippen LogP contribution >= 0.6 is 11.5 Å². The Morgan fingerprint density at radius 2 is 1.87 bits per heavy atom. The maximum Gasteiger partial charge on any atom is 0.135 e. The normalized spacial score (nSPS) is 10.7. The number of rotatable bonds is 1. The smallest absolute Gasteiger partial charge is 0.135 e. The van der Waals surface area contributed by atoms with Crippen LogP contribution < -0.4 is 0 Å². The van der Waals surface area contributed by atoms with Crippen LogP contribution in [0.4, 0.5) is 0 Å². The Hall–Kier alpha value is -1.74. The zero-order valence-corrected chi connectivity index (χ0v) is 8.66. The van der Waals surface area contributed by atoms with Crippen molar-refractivity contribution in [2.24, 2.45) is 0 Å². The van der Waals surface area contributed by atoms with Crippen LogP contribution in [0.3, 0.4) is 0 Å². The third-order valence-corrected chi connectivity index (χ3v) is 3.02. The summed E-state index contributed by atoms with van der Waals surface area (Å²) < 4.78 is 3.84. The molecule has 0 aliphatic heterocycles. The van der Waals surface area contributed by atoms with Crippen molar-refractivity contribution in [3.05, 3.63) is 48.7 Å². The summed E-state index contributed by atoms with van der Waals surface area (Å²) in [6, 6.07) is 14.5. The maximum atomic E-state index is 3.84. The average molecular weight is 211 g/mol. The lowest BCUT2D eigenvalue weighted by Crippen LogP contribution is -1.77. The highest BCUT2D eigenvalue weighted by Gasteiger charge is 2.05. The maximum absolute atomic E-state index is 3.84. The van der Waals surface area contributed by atoms with E-state index in [0.29, 0.717) is 0 Å². The molecule has 0 unspecified atom stereocenters. The molecule has 0 spiro atoms. The summed E-state index contributed by atoms with van der Waals surface area (Å²) in [6.45, 7) is 0. The SMILES string of the molecule is [c]1nnsc1-c1cccc2ccccc12. The van der Waals surface area contributed by atoms with E-state index in [9.17, 15) is 0 Å². The highest BCUT2D eigenvalue weighted by molar-refractivity contribution is 7.09. The van der Waals surface area contributed by atoms with E-state index in [4.69, 9.17) is 0 Å². The fourth-order valence-corrected chi connectivity index (χ4v) is 2.20. The summed E-state index contributed by atoms with van der Waals surface area (Å²) in [6.07, 6.45) is 2.90. The van der Waals surface area contributed by atoms with E-state index in [-0.39, 0.29) is 0 Å². The van der Waals surface area contributed by atoms with Crippen molar-refractivity contribution in [1.82, 2.24) is 9.59 Å². The Balaban J connectivity index is 2.36. The Kier molecular flexibility index (Phi) is 1.96. The molecule has 0 N–H and O–H groups in total. The van der Waals surface area contributed by atoms with E-state index in [1.807, 2.05) is 18.2 Å². The minimum Gasteiger partial charge on any atom is -0.136 e. The molecule has 0 saturated heterocycles. The van der Waals surface area contributed by atoms with Gasteiger partial charge in [0.15, 0.2) is 0 Å². The number of hydrogen-bond donors (Lipinski definition) is 0. The lowest BCUT2D eigenvalue weighted by molar-refractivity contribution is 1.15. The Morgan fingerprint density at radius 1 is 1.00 bits per heavy atom. The summed E-state index contributed by atoms with van der Waals surface area (Å²) in [5.41, 5.74) is 1.16. The molecule has 2 nitrogen and oxygen atoms in total. The molecule has 3 aromatic rings. The first-order chi connectivity index (χ1) is 7.45. The molecule has 0 fully saturated rings. The lowest BCUT2D eigenvalue weighted by Gasteiger charge is -2.02. The Morgan fingerprint density at radius 3 is 2.73 bits per heavy atom. The van der Waals surface area contributed by atoms with Gasteiger partial charge in [-0.2, -0.15) is 0 Å². The molecule has 0 aliphatic rings. The zero-order valence-electron chi connectivity index (χ0n) is 7.84. The van der Waals surface area contributed by atoms with Gasteiger partial charge in [-0.05, 0) is 22.3 Å². The van der Waals surface area contributed by atoms with Crippen molar-refractivity contribution in [2.45, 2.75) is 0 Å². The van der Waals surface area contributed by atoms with Crippen molar-refractivity contribution in [2.75, 3.05) is 0 Å². The molecule has 3 heteroatoms. The lowest BCUT2D eigenvalue weighted by atomic mass is 10.0. The van der Waals surface area contributed by atoms with E-state index in [0.717, 1.165) is 10.4 Å². The summed E-state index contributed by atoms with van der Waals surface area (Å²) in [7, 11) is 0. The zero-order chi connectivity index (χ0) is 10.1. The minimum absolute atomic E-state index is 0.992. The fraction of sp³-hybridized carbons (Fsp3) is 0. The molecule has 1 heterocycles. The van der Waals surface area contributed by atoms with Crippen LogP contribution in [0.5, 0.6) is 0 Å². The second-order valence-corrected chi connectivity index (χ2v) is 3.99. The van der Waals surface area contributed by atoms with Crippen LogP contribution in [0.2, 0.25) is 0 Å². The van der Waals surface area contributed by atoms with Crippen LogP contribution in [-0.4, -0.2) is 9.59 Å². The van der Waals surface area contributed by atoms with E-state index < -0.39 is 0 Å². The third kappa shape index (κ3) is 1.41. The van der Waals surface area contributed by atoms with Crippen LogP contribution in [0, 0.1) is 6.20 Å². The van der Waals surface area contributed by atoms with Gasteiger partial charge in [-0.15, -0.1) is 5.10 Å². The summed E-state index contributed by atoms with van der Waals surface area (Å²) in [4.78, 5) is 0.992. The number of nitrogens with zero attached hydrogens (tertiary/aromatic N) is 2. The topological polar surface area (TPSA) is 25.8 Å². The second-order valence-electron chi connectivity index (χ2n) is 3.24. The monoisotopic (exact) mass is 211 g/mol. The van der Waals surface area contributed by atoms with Crippen molar-refractivity contribution in [3.63, 3.8) is 0 Å². The predicted octanol–water partition coefficient (Wildman–Crippen LogP) is 3.16. The quantitative estimate of drug-likeness (QED) is 0.618. The van der Waals surface area contributed by atoms with Crippen LogP contribution in [0.15, 0.2) is 42.5 Å². The molecule has 2 aromatic carbocycles. The van der Waals surface area contributed by atoms with E-state index in [1.165, 1.54) is 22.3 Å². The van der Waals surface area contributed by atoms with E-state index >= 15 is 0 Å². The van der Waals surface area contributed by atoms with Crippen molar-refractivity contribution in [3.8, 4) is 10.4 Å². The van der Waals surface area contributed by atoms with Gasteiger partial charge in [0.2, 0.25) is 0 Å². The molecular formula is C12H7N2S. The second kappa shape index (κ2) is 3.44. The highest BCUT2D eigenvalue weighted by atomic mass is 32.1.